The smallest absolute Gasteiger partial charge is 0.226 e. The summed E-state index contributed by atoms with van der Waals surface area (Å²) in [6, 6.07) is 15.4. The van der Waals surface area contributed by atoms with Gasteiger partial charge in [0.2, 0.25) is 5.88 Å². The van der Waals surface area contributed by atoms with Crippen molar-refractivity contribution in [2.75, 3.05) is 59.8 Å². The van der Waals surface area contributed by atoms with Gasteiger partial charge in [0.1, 0.15) is 19.0 Å². The molecule has 1 aliphatic rings. The zero-order valence-corrected chi connectivity index (χ0v) is 19.1. The van der Waals surface area contributed by atoms with Crippen molar-refractivity contribution >= 4 is 5.97 Å². The van der Waals surface area contributed by atoms with Crippen LogP contribution in [0.2, 0.25) is 0 Å². The molecule has 2 aromatic carbocycles. The Morgan fingerprint density at radius 1 is 1.03 bits per heavy atom. The van der Waals surface area contributed by atoms with Crippen LogP contribution in [0.5, 0.6) is 11.6 Å². The molecule has 9 heteroatoms. The quantitative estimate of drug-likeness (QED) is 0.394. The molecule has 0 bridgehead atoms. The van der Waals surface area contributed by atoms with E-state index >= 15 is 0 Å². The highest BCUT2D eigenvalue weighted by atomic mass is 16.5. The highest BCUT2D eigenvalue weighted by Crippen LogP contribution is 2.31. The maximum atomic E-state index is 11.6. The number of methoxy groups -OCH3 is 1. The summed E-state index contributed by atoms with van der Waals surface area (Å²) in [7, 11) is 1.63. The first kappa shape index (κ1) is 23.7. The molecular weight excluding hydrogens is 438 g/mol. The molecule has 0 aliphatic carbocycles. The first-order valence-electron chi connectivity index (χ1n) is 11.2. The molecule has 1 fully saturated rings. The number of hydrogen-bond donors (Lipinski definition) is 0. The highest BCUT2D eigenvalue weighted by molar-refractivity contribution is 5.88. The van der Waals surface area contributed by atoms with E-state index in [1.807, 2.05) is 48.5 Å². The van der Waals surface area contributed by atoms with Gasteiger partial charge in [-0.05, 0) is 23.8 Å². The molecule has 0 N–H and O–H groups in total. The van der Waals surface area contributed by atoms with Crippen molar-refractivity contribution in [1.29, 1.82) is 0 Å². The lowest BCUT2D eigenvalue weighted by atomic mass is 10.0. The number of carbonyl (C=O) groups is 1. The normalized spacial score (nSPS) is 14.1. The number of benzene rings is 2. The van der Waals surface area contributed by atoms with Crippen LogP contribution in [0, 0.1) is 0 Å². The molecular formula is C25H28N3O6-. The van der Waals surface area contributed by atoms with E-state index in [4.69, 9.17) is 18.9 Å². The summed E-state index contributed by atoms with van der Waals surface area (Å²) in [5.74, 6) is -0.409. The first-order valence-corrected chi connectivity index (χ1v) is 11.2. The Hall–Kier alpha value is -3.40. The Bertz CT molecular complexity index is 1080. The molecule has 4 rings (SSSR count). The first-order chi connectivity index (χ1) is 16.7. The number of aromatic carboxylic acids is 1. The van der Waals surface area contributed by atoms with Crippen molar-refractivity contribution in [3.05, 3.63) is 60.3 Å². The van der Waals surface area contributed by atoms with E-state index in [1.54, 1.807) is 7.11 Å². The van der Waals surface area contributed by atoms with E-state index in [1.165, 1.54) is 10.9 Å². The number of carbonyl (C=O) groups excluding carboxylic acids is 1. The van der Waals surface area contributed by atoms with Gasteiger partial charge >= 0.3 is 0 Å². The van der Waals surface area contributed by atoms with Crippen molar-refractivity contribution in [3.63, 3.8) is 0 Å². The van der Waals surface area contributed by atoms with Crippen LogP contribution in [-0.2, 0) is 9.47 Å². The van der Waals surface area contributed by atoms with Crippen LogP contribution in [-0.4, -0.2) is 80.4 Å². The Morgan fingerprint density at radius 3 is 2.53 bits per heavy atom. The van der Waals surface area contributed by atoms with Crippen LogP contribution in [0.25, 0.3) is 16.8 Å². The minimum atomic E-state index is -1.33. The van der Waals surface area contributed by atoms with Gasteiger partial charge in [-0.1, -0.05) is 30.3 Å². The third-order valence-electron chi connectivity index (χ3n) is 5.55. The molecule has 0 amide bonds. The monoisotopic (exact) mass is 466 g/mol. The number of carboxylic acid groups (broad SMARTS) is 1. The fraction of sp³-hybridized carbons (Fsp3) is 0.360. The molecule has 0 saturated carbocycles. The van der Waals surface area contributed by atoms with Crippen LogP contribution in [0.4, 0.5) is 0 Å². The second-order valence-corrected chi connectivity index (χ2v) is 7.75. The lowest BCUT2D eigenvalue weighted by Gasteiger charge is -2.26. The van der Waals surface area contributed by atoms with E-state index in [0.29, 0.717) is 45.3 Å². The van der Waals surface area contributed by atoms with Gasteiger partial charge in [-0.25, -0.2) is 4.68 Å². The minimum absolute atomic E-state index is 0.0806. The molecule has 0 unspecified atom stereocenters. The topological polar surface area (TPSA) is 98.1 Å². The second kappa shape index (κ2) is 11.6. The summed E-state index contributed by atoms with van der Waals surface area (Å²) >= 11 is 0. The molecule has 1 aliphatic heterocycles. The van der Waals surface area contributed by atoms with E-state index in [9.17, 15) is 9.90 Å². The second-order valence-electron chi connectivity index (χ2n) is 7.75. The summed E-state index contributed by atoms with van der Waals surface area (Å²) in [6.07, 6.45) is 1.26. The molecule has 9 nitrogen and oxygen atoms in total. The number of rotatable bonds is 11. The summed E-state index contributed by atoms with van der Waals surface area (Å²) in [6.45, 7) is 4.99. The van der Waals surface area contributed by atoms with E-state index < -0.39 is 5.97 Å². The zero-order chi connectivity index (χ0) is 23.8. The Labute approximate surface area is 198 Å². The van der Waals surface area contributed by atoms with Crippen molar-refractivity contribution in [1.82, 2.24) is 14.7 Å². The SMILES string of the molecule is COCCOc1ccccc1-c1ccc(-n2ncc(C(=O)[O-])c2OCCN2CCOCC2)cc1. The Kier molecular flexibility index (Phi) is 8.13. The van der Waals surface area contributed by atoms with Crippen molar-refractivity contribution < 1.29 is 28.8 Å². The number of para-hydroxylation sites is 1. The summed E-state index contributed by atoms with van der Waals surface area (Å²) in [4.78, 5) is 13.8. The number of aromatic nitrogens is 2. The number of carboxylic acids is 1. The zero-order valence-electron chi connectivity index (χ0n) is 19.1. The average Bonchev–Trinajstić information content (AvgIpc) is 3.29. The maximum absolute atomic E-state index is 11.6. The van der Waals surface area contributed by atoms with Gasteiger partial charge in [0.15, 0.2) is 0 Å². The van der Waals surface area contributed by atoms with Crippen LogP contribution >= 0.6 is 0 Å². The van der Waals surface area contributed by atoms with Crippen LogP contribution in [0.15, 0.2) is 54.7 Å². The average molecular weight is 467 g/mol. The fourth-order valence-corrected chi connectivity index (χ4v) is 3.74. The third-order valence-corrected chi connectivity index (χ3v) is 5.55. The maximum Gasteiger partial charge on any atom is 0.226 e. The highest BCUT2D eigenvalue weighted by Gasteiger charge is 2.17. The number of morpholine rings is 1. The number of nitrogens with zero attached hydrogens (tertiary/aromatic N) is 3. The lowest BCUT2D eigenvalue weighted by Crippen LogP contribution is -2.38. The van der Waals surface area contributed by atoms with Crippen molar-refractivity contribution in [2.45, 2.75) is 0 Å². The van der Waals surface area contributed by atoms with Gasteiger partial charge in [-0.15, -0.1) is 0 Å². The number of ether oxygens (including phenoxy) is 4. The van der Waals surface area contributed by atoms with E-state index in [-0.39, 0.29) is 11.4 Å². The predicted octanol–water partition coefficient (Wildman–Crippen LogP) is 1.64. The molecule has 0 atom stereocenters. The Balaban J connectivity index is 1.52. The van der Waals surface area contributed by atoms with Gasteiger partial charge < -0.3 is 28.8 Å². The molecule has 0 radical (unpaired) electrons. The largest absolute Gasteiger partial charge is 0.545 e. The molecule has 0 spiro atoms. The minimum Gasteiger partial charge on any atom is -0.545 e. The molecule has 1 saturated heterocycles. The van der Waals surface area contributed by atoms with E-state index in [2.05, 4.69) is 10.00 Å². The van der Waals surface area contributed by atoms with Crippen molar-refractivity contribution in [3.8, 4) is 28.4 Å². The van der Waals surface area contributed by atoms with Gasteiger partial charge in [-0.2, -0.15) is 5.10 Å². The predicted molar refractivity (Wildman–Crippen MR) is 123 cm³/mol. The standard InChI is InChI=1S/C25H29N3O6/c1-31-16-17-33-23-5-3-2-4-21(23)19-6-8-20(9-7-19)28-24(22(18-26-28)25(29)30)34-15-12-27-10-13-32-14-11-27/h2-9,18H,10-17H2,1H3,(H,29,30)/p-1. The summed E-state index contributed by atoms with van der Waals surface area (Å²) < 4.78 is 23.6. The van der Waals surface area contributed by atoms with Gasteiger partial charge in [0, 0.05) is 32.3 Å². The van der Waals surface area contributed by atoms with Crippen LogP contribution in [0.3, 0.4) is 0 Å². The summed E-state index contributed by atoms with van der Waals surface area (Å²) in [5.41, 5.74) is 2.50. The molecule has 34 heavy (non-hydrogen) atoms. The molecule has 180 valence electrons. The third kappa shape index (κ3) is 5.74. The van der Waals surface area contributed by atoms with Gasteiger partial charge in [0.25, 0.3) is 0 Å². The van der Waals surface area contributed by atoms with Crippen LogP contribution < -0.4 is 14.6 Å². The lowest BCUT2D eigenvalue weighted by molar-refractivity contribution is -0.255. The number of hydrogen-bond acceptors (Lipinski definition) is 8. The van der Waals surface area contributed by atoms with Gasteiger partial charge in [0.05, 0.1) is 43.2 Å². The Morgan fingerprint density at radius 2 is 1.79 bits per heavy atom. The van der Waals surface area contributed by atoms with E-state index in [0.717, 1.165) is 30.0 Å². The molecule has 3 aromatic rings. The van der Waals surface area contributed by atoms with Gasteiger partial charge in [-0.3, -0.25) is 4.90 Å². The van der Waals surface area contributed by atoms with Crippen LogP contribution in [0.1, 0.15) is 10.4 Å². The molecule has 2 heterocycles. The molecule has 1 aromatic heterocycles. The summed E-state index contributed by atoms with van der Waals surface area (Å²) in [5, 5.41) is 15.9. The van der Waals surface area contributed by atoms with Crippen molar-refractivity contribution in [2.24, 2.45) is 0 Å². The fourth-order valence-electron chi connectivity index (χ4n) is 3.74.